The molecule has 1 amide bonds. The average molecular weight is 470 g/mol. The first-order valence-electron chi connectivity index (χ1n) is 12.0. The number of amides is 1. The van der Waals surface area contributed by atoms with Crippen molar-refractivity contribution in [2.24, 2.45) is 0 Å². The third-order valence-electron chi connectivity index (χ3n) is 6.36. The molecule has 0 unspecified atom stereocenters. The molecule has 1 aliphatic rings. The standard InChI is InChI=1S/C30H32NO2P/c1-20(31-29(32)33-30(2,3)4)17-34-18-23-15-13-21-9-5-7-11-25(21)27(23)28-24(19-34)16-14-22-10-6-8-12-26(22)28/h5-16,20H,17-19H2,1-4H3,(H,31,32)/t20-/m0/s1. The highest BCUT2D eigenvalue weighted by atomic mass is 31.1. The Morgan fingerprint density at radius 1 is 0.853 bits per heavy atom. The summed E-state index contributed by atoms with van der Waals surface area (Å²) in [4.78, 5) is 12.3. The summed E-state index contributed by atoms with van der Waals surface area (Å²) in [7, 11) is -0.356. The fourth-order valence-corrected chi connectivity index (χ4v) is 7.82. The number of alkyl carbamates (subject to hydrolysis) is 1. The summed E-state index contributed by atoms with van der Waals surface area (Å²) >= 11 is 0. The van der Waals surface area contributed by atoms with Gasteiger partial charge in [0.2, 0.25) is 0 Å². The Labute approximate surface area is 203 Å². The van der Waals surface area contributed by atoms with Crippen LogP contribution in [0.5, 0.6) is 0 Å². The number of nitrogens with one attached hydrogen (secondary N) is 1. The van der Waals surface area contributed by atoms with E-state index in [9.17, 15) is 4.79 Å². The highest BCUT2D eigenvalue weighted by molar-refractivity contribution is 7.56. The van der Waals surface area contributed by atoms with Crippen molar-refractivity contribution in [3.63, 3.8) is 0 Å². The molecule has 0 saturated carbocycles. The Kier molecular flexibility index (Phi) is 6.08. The maximum Gasteiger partial charge on any atom is 0.407 e. The fraction of sp³-hybridized carbons (Fsp3) is 0.300. The molecule has 34 heavy (non-hydrogen) atoms. The van der Waals surface area contributed by atoms with Crippen LogP contribution in [0.25, 0.3) is 32.7 Å². The van der Waals surface area contributed by atoms with Gasteiger partial charge in [0.25, 0.3) is 0 Å². The van der Waals surface area contributed by atoms with Gasteiger partial charge in [-0.2, -0.15) is 0 Å². The Morgan fingerprint density at radius 2 is 1.35 bits per heavy atom. The van der Waals surface area contributed by atoms with Gasteiger partial charge in [0.05, 0.1) is 0 Å². The quantitative estimate of drug-likeness (QED) is 0.308. The van der Waals surface area contributed by atoms with Gasteiger partial charge in [0, 0.05) is 6.04 Å². The maximum absolute atomic E-state index is 12.3. The van der Waals surface area contributed by atoms with E-state index in [-0.39, 0.29) is 20.1 Å². The van der Waals surface area contributed by atoms with E-state index in [4.69, 9.17) is 4.74 Å². The van der Waals surface area contributed by atoms with Gasteiger partial charge in [-0.05, 0) is 90.0 Å². The van der Waals surface area contributed by atoms with Crippen LogP contribution < -0.4 is 5.32 Å². The molecule has 0 saturated heterocycles. The summed E-state index contributed by atoms with van der Waals surface area (Å²) < 4.78 is 5.49. The minimum Gasteiger partial charge on any atom is -0.444 e. The third-order valence-corrected chi connectivity index (χ3v) is 9.00. The van der Waals surface area contributed by atoms with Crippen LogP contribution >= 0.6 is 7.92 Å². The van der Waals surface area contributed by atoms with Gasteiger partial charge in [-0.1, -0.05) is 80.7 Å². The lowest BCUT2D eigenvalue weighted by atomic mass is 9.88. The van der Waals surface area contributed by atoms with E-state index in [1.54, 1.807) is 0 Å². The van der Waals surface area contributed by atoms with Gasteiger partial charge in [0.15, 0.2) is 0 Å². The summed E-state index contributed by atoms with van der Waals surface area (Å²) in [5, 5.41) is 8.29. The van der Waals surface area contributed by atoms with E-state index in [1.165, 1.54) is 43.8 Å². The SMILES string of the molecule is C[C@@H](CP1Cc2ccc3ccccc3c2-c2c(ccc3ccccc23)C1)NC(=O)OC(C)(C)C. The highest BCUT2D eigenvalue weighted by Gasteiger charge is 2.26. The van der Waals surface area contributed by atoms with Gasteiger partial charge < -0.3 is 10.1 Å². The van der Waals surface area contributed by atoms with E-state index in [1.807, 2.05) is 20.8 Å². The van der Waals surface area contributed by atoms with Crippen molar-refractivity contribution >= 4 is 35.6 Å². The Bertz CT molecular complexity index is 1280. The lowest BCUT2D eigenvalue weighted by molar-refractivity contribution is 0.0513. The lowest BCUT2D eigenvalue weighted by Crippen LogP contribution is -2.39. The zero-order valence-electron chi connectivity index (χ0n) is 20.4. The largest absolute Gasteiger partial charge is 0.444 e. The molecule has 0 radical (unpaired) electrons. The van der Waals surface area contributed by atoms with Crippen LogP contribution in [0.4, 0.5) is 4.79 Å². The number of ether oxygens (including phenoxy) is 1. The number of carbonyl (C=O) groups is 1. The first kappa shape index (κ1) is 22.9. The van der Waals surface area contributed by atoms with Gasteiger partial charge in [-0.3, -0.25) is 0 Å². The summed E-state index contributed by atoms with van der Waals surface area (Å²) in [5.41, 5.74) is 5.14. The molecule has 5 rings (SSSR count). The van der Waals surface area contributed by atoms with Crippen LogP contribution in [0.2, 0.25) is 0 Å². The van der Waals surface area contributed by atoms with Crippen molar-refractivity contribution in [3.8, 4) is 11.1 Å². The molecule has 4 heteroatoms. The predicted octanol–water partition coefficient (Wildman–Crippen LogP) is 8.07. The number of hydrogen-bond donors (Lipinski definition) is 1. The first-order valence-corrected chi connectivity index (χ1v) is 13.9. The summed E-state index contributed by atoms with van der Waals surface area (Å²) in [6.07, 6.45) is 2.74. The summed E-state index contributed by atoms with van der Waals surface area (Å²) in [5.74, 6) is 0. The molecule has 0 bridgehead atoms. The van der Waals surface area contributed by atoms with Crippen molar-refractivity contribution in [2.45, 2.75) is 51.7 Å². The zero-order chi connectivity index (χ0) is 23.9. The summed E-state index contributed by atoms with van der Waals surface area (Å²) in [6, 6.07) is 26.7. The average Bonchev–Trinajstić information content (AvgIpc) is 2.94. The summed E-state index contributed by atoms with van der Waals surface area (Å²) in [6.45, 7) is 7.79. The zero-order valence-corrected chi connectivity index (χ0v) is 21.3. The molecule has 0 aliphatic carbocycles. The number of rotatable bonds is 3. The second-order valence-corrected chi connectivity index (χ2v) is 12.7. The molecule has 1 atom stereocenters. The van der Waals surface area contributed by atoms with Crippen molar-refractivity contribution in [2.75, 3.05) is 6.16 Å². The monoisotopic (exact) mass is 469 g/mol. The molecule has 1 aliphatic heterocycles. The smallest absolute Gasteiger partial charge is 0.407 e. The molecule has 1 N–H and O–H groups in total. The number of fused-ring (bicyclic) bond motifs is 7. The molecule has 4 aromatic rings. The predicted molar refractivity (Wildman–Crippen MR) is 145 cm³/mol. The second kappa shape index (κ2) is 9.04. The Balaban J connectivity index is 1.55. The molecule has 3 nitrogen and oxygen atoms in total. The first-order chi connectivity index (χ1) is 16.3. The molecule has 174 valence electrons. The molecular formula is C30H32NO2P. The van der Waals surface area contributed by atoms with Crippen molar-refractivity contribution in [3.05, 3.63) is 83.9 Å². The van der Waals surface area contributed by atoms with Gasteiger partial charge in [-0.25, -0.2) is 4.79 Å². The normalized spacial score (nSPS) is 14.8. The van der Waals surface area contributed by atoms with E-state index < -0.39 is 5.60 Å². The minimum atomic E-state index is -0.489. The van der Waals surface area contributed by atoms with Crippen LogP contribution in [-0.2, 0) is 17.1 Å². The molecular weight excluding hydrogens is 437 g/mol. The van der Waals surface area contributed by atoms with Crippen LogP contribution in [0.1, 0.15) is 38.8 Å². The highest BCUT2D eigenvalue weighted by Crippen LogP contribution is 2.53. The van der Waals surface area contributed by atoms with Crippen LogP contribution in [0.3, 0.4) is 0 Å². The van der Waals surface area contributed by atoms with Crippen LogP contribution in [-0.4, -0.2) is 23.9 Å². The third kappa shape index (κ3) is 4.68. The molecule has 0 aromatic heterocycles. The van der Waals surface area contributed by atoms with Crippen molar-refractivity contribution in [1.29, 1.82) is 0 Å². The van der Waals surface area contributed by atoms with E-state index >= 15 is 0 Å². The molecule has 4 aromatic carbocycles. The Morgan fingerprint density at radius 3 is 1.85 bits per heavy atom. The lowest BCUT2D eigenvalue weighted by Gasteiger charge is -2.24. The van der Waals surface area contributed by atoms with Gasteiger partial charge in [0.1, 0.15) is 5.60 Å². The van der Waals surface area contributed by atoms with Crippen molar-refractivity contribution < 1.29 is 9.53 Å². The maximum atomic E-state index is 12.3. The number of benzene rings is 4. The Hall–Kier alpha value is -2.90. The van der Waals surface area contributed by atoms with E-state index in [0.29, 0.717) is 0 Å². The fourth-order valence-electron chi connectivity index (χ4n) is 5.10. The van der Waals surface area contributed by atoms with Gasteiger partial charge >= 0.3 is 6.09 Å². The van der Waals surface area contributed by atoms with E-state index in [0.717, 1.165) is 18.5 Å². The number of carbonyl (C=O) groups excluding carboxylic acids is 1. The van der Waals surface area contributed by atoms with Crippen LogP contribution in [0, 0.1) is 0 Å². The minimum absolute atomic E-state index is 0.0619. The van der Waals surface area contributed by atoms with Gasteiger partial charge in [-0.15, -0.1) is 0 Å². The van der Waals surface area contributed by atoms with Crippen LogP contribution in [0.15, 0.2) is 72.8 Å². The topological polar surface area (TPSA) is 38.3 Å². The second-order valence-electron chi connectivity index (χ2n) is 10.4. The molecule has 0 spiro atoms. The van der Waals surface area contributed by atoms with E-state index in [2.05, 4.69) is 85.0 Å². The molecule has 0 fully saturated rings. The molecule has 1 heterocycles. The van der Waals surface area contributed by atoms with Crippen molar-refractivity contribution in [1.82, 2.24) is 5.32 Å². The number of hydrogen-bond acceptors (Lipinski definition) is 2.